The number of furan rings is 1. The summed E-state index contributed by atoms with van der Waals surface area (Å²) in [4.78, 5) is 0. The maximum absolute atomic E-state index is 6.00. The Kier molecular flexibility index (Phi) is 4.28. The van der Waals surface area contributed by atoms with Crippen LogP contribution in [0.5, 0.6) is 5.75 Å². The zero-order valence-electron chi connectivity index (χ0n) is 10.4. The third kappa shape index (κ3) is 2.86. The third-order valence-corrected chi connectivity index (χ3v) is 3.28. The molecule has 0 aliphatic carbocycles. The summed E-state index contributed by atoms with van der Waals surface area (Å²) in [6, 6.07) is 10.1. The number of hydrogen-bond acceptors (Lipinski definition) is 3. The van der Waals surface area contributed by atoms with Crippen LogP contribution in [0, 0.1) is 0 Å². The van der Waals surface area contributed by atoms with Crippen LogP contribution in [0.1, 0.15) is 17.2 Å². The maximum atomic E-state index is 6.00. The third-order valence-electron chi connectivity index (χ3n) is 2.97. The van der Waals surface area contributed by atoms with Gasteiger partial charge < -0.3 is 14.5 Å². The van der Waals surface area contributed by atoms with Gasteiger partial charge in [0.2, 0.25) is 0 Å². The molecule has 0 saturated heterocycles. The molecule has 0 fully saturated rings. The van der Waals surface area contributed by atoms with Crippen molar-refractivity contribution in [2.75, 3.05) is 14.2 Å². The molecular weight excluding hydrogens is 250 g/mol. The first-order valence-corrected chi connectivity index (χ1v) is 6.15. The van der Waals surface area contributed by atoms with E-state index in [0.717, 1.165) is 17.7 Å². The molecular formula is C14H16ClNO2. The Labute approximate surface area is 112 Å². The van der Waals surface area contributed by atoms with Crippen molar-refractivity contribution in [1.29, 1.82) is 0 Å². The molecule has 1 atom stereocenters. The van der Waals surface area contributed by atoms with E-state index in [0.29, 0.717) is 5.22 Å². The van der Waals surface area contributed by atoms with E-state index in [1.165, 1.54) is 5.56 Å². The van der Waals surface area contributed by atoms with Gasteiger partial charge in [0.1, 0.15) is 5.75 Å². The van der Waals surface area contributed by atoms with Gasteiger partial charge in [0.25, 0.3) is 0 Å². The summed E-state index contributed by atoms with van der Waals surface area (Å²) >= 11 is 6.00. The molecule has 0 aliphatic heterocycles. The lowest BCUT2D eigenvalue weighted by atomic mass is 10.0. The number of likely N-dealkylation sites (N-methyl/N-ethyl adjacent to an activating group) is 1. The lowest BCUT2D eigenvalue weighted by molar-refractivity contribution is 0.414. The van der Waals surface area contributed by atoms with Crippen LogP contribution in [0.25, 0.3) is 0 Å². The largest absolute Gasteiger partial charge is 0.497 e. The van der Waals surface area contributed by atoms with Gasteiger partial charge in [0.05, 0.1) is 13.4 Å². The smallest absolute Gasteiger partial charge is 0.197 e. The van der Waals surface area contributed by atoms with Crippen molar-refractivity contribution in [3.05, 3.63) is 52.9 Å². The molecule has 0 aliphatic rings. The molecule has 1 aromatic carbocycles. The molecule has 1 heterocycles. The molecule has 4 heteroatoms. The van der Waals surface area contributed by atoms with Crippen molar-refractivity contribution in [2.24, 2.45) is 0 Å². The van der Waals surface area contributed by atoms with Crippen LogP contribution >= 0.6 is 11.6 Å². The molecule has 0 bridgehead atoms. The molecule has 1 unspecified atom stereocenters. The minimum absolute atomic E-state index is 0.143. The van der Waals surface area contributed by atoms with Crippen LogP contribution < -0.4 is 10.1 Å². The first-order valence-electron chi connectivity index (χ1n) is 5.77. The molecule has 18 heavy (non-hydrogen) atoms. The SMILES string of the molecule is CNC(Cc1ccc(OC)cc1)c1ccoc1Cl. The number of halogens is 1. The van der Waals surface area contributed by atoms with Gasteiger partial charge in [0, 0.05) is 11.6 Å². The normalized spacial score (nSPS) is 12.4. The number of benzene rings is 1. The molecule has 0 spiro atoms. The van der Waals surface area contributed by atoms with Crippen LogP contribution in [-0.4, -0.2) is 14.2 Å². The summed E-state index contributed by atoms with van der Waals surface area (Å²) in [5, 5.41) is 3.69. The van der Waals surface area contributed by atoms with E-state index >= 15 is 0 Å². The van der Waals surface area contributed by atoms with Crippen molar-refractivity contribution in [1.82, 2.24) is 5.32 Å². The van der Waals surface area contributed by atoms with Crippen LogP contribution in [0.3, 0.4) is 0 Å². The van der Waals surface area contributed by atoms with Crippen LogP contribution in [0.2, 0.25) is 5.22 Å². The molecule has 0 amide bonds. The minimum atomic E-state index is 0.143. The van der Waals surface area contributed by atoms with Crippen molar-refractivity contribution in [3.63, 3.8) is 0 Å². The van der Waals surface area contributed by atoms with Gasteiger partial charge >= 0.3 is 0 Å². The molecule has 96 valence electrons. The minimum Gasteiger partial charge on any atom is -0.497 e. The van der Waals surface area contributed by atoms with E-state index in [4.69, 9.17) is 20.8 Å². The lowest BCUT2D eigenvalue weighted by Gasteiger charge is -2.15. The monoisotopic (exact) mass is 265 g/mol. The predicted molar refractivity (Wildman–Crippen MR) is 72.2 cm³/mol. The summed E-state index contributed by atoms with van der Waals surface area (Å²) in [5.41, 5.74) is 2.20. The Bertz CT molecular complexity index is 493. The van der Waals surface area contributed by atoms with E-state index in [2.05, 4.69) is 17.4 Å². The molecule has 1 N–H and O–H groups in total. The zero-order chi connectivity index (χ0) is 13.0. The average molecular weight is 266 g/mol. The Morgan fingerprint density at radius 1 is 1.28 bits per heavy atom. The molecule has 0 radical (unpaired) electrons. The number of methoxy groups -OCH3 is 1. The Morgan fingerprint density at radius 3 is 2.50 bits per heavy atom. The van der Waals surface area contributed by atoms with Crippen molar-refractivity contribution in [2.45, 2.75) is 12.5 Å². The van der Waals surface area contributed by atoms with Gasteiger partial charge in [-0.1, -0.05) is 12.1 Å². The highest BCUT2D eigenvalue weighted by molar-refractivity contribution is 6.29. The Hall–Kier alpha value is -1.45. The second kappa shape index (κ2) is 5.94. The predicted octanol–water partition coefficient (Wildman–Crippen LogP) is 3.44. The van der Waals surface area contributed by atoms with E-state index < -0.39 is 0 Å². The van der Waals surface area contributed by atoms with E-state index in [1.54, 1.807) is 13.4 Å². The lowest BCUT2D eigenvalue weighted by Crippen LogP contribution is -2.18. The topological polar surface area (TPSA) is 34.4 Å². The number of rotatable bonds is 5. The highest BCUT2D eigenvalue weighted by Crippen LogP contribution is 2.27. The van der Waals surface area contributed by atoms with Gasteiger partial charge in [0.15, 0.2) is 5.22 Å². The summed E-state index contributed by atoms with van der Waals surface area (Å²) in [6.07, 6.45) is 2.45. The van der Waals surface area contributed by atoms with Crippen LogP contribution in [-0.2, 0) is 6.42 Å². The van der Waals surface area contributed by atoms with Crippen LogP contribution in [0.15, 0.2) is 41.0 Å². The number of ether oxygens (including phenoxy) is 1. The second-order valence-electron chi connectivity index (χ2n) is 4.04. The quantitative estimate of drug-likeness (QED) is 0.899. The fraction of sp³-hybridized carbons (Fsp3) is 0.286. The first-order chi connectivity index (χ1) is 8.74. The van der Waals surface area contributed by atoms with Crippen molar-refractivity contribution in [3.8, 4) is 5.75 Å². The number of nitrogens with one attached hydrogen (secondary N) is 1. The Balaban J connectivity index is 2.13. The second-order valence-corrected chi connectivity index (χ2v) is 4.39. The molecule has 3 nitrogen and oxygen atoms in total. The van der Waals surface area contributed by atoms with Gasteiger partial charge in [-0.05, 0) is 48.8 Å². The highest BCUT2D eigenvalue weighted by atomic mass is 35.5. The van der Waals surface area contributed by atoms with E-state index in [9.17, 15) is 0 Å². The number of hydrogen-bond donors (Lipinski definition) is 1. The molecule has 2 rings (SSSR count). The van der Waals surface area contributed by atoms with E-state index in [-0.39, 0.29) is 6.04 Å². The maximum Gasteiger partial charge on any atom is 0.197 e. The van der Waals surface area contributed by atoms with E-state index in [1.807, 2.05) is 25.2 Å². The summed E-state index contributed by atoms with van der Waals surface area (Å²) < 4.78 is 10.3. The van der Waals surface area contributed by atoms with Gasteiger partial charge in [-0.15, -0.1) is 0 Å². The fourth-order valence-electron chi connectivity index (χ4n) is 1.92. The molecule has 0 saturated carbocycles. The van der Waals surface area contributed by atoms with Crippen LogP contribution in [0.4, 0.5) is 0 Å². The standard InChI is InChI=1S/C14H16ClNO2/c1-16-13(12-7-8-18-14(12)15)9-10-3-5-11(17-2)6-4-10/h3-8,13,16H,9H2,1-2H3. The Morgan fingerprint density at radius 2 is 2.00 bits per heavy atom. The van der Waals surface area contributed by atoms with Crippen molar-refractivity contribution < 1.29 is 9.15 Å². The first kappa shape index (κ1) is 13.0. The molecule has 2 aromatic rings. The van der Waals surface area contributed by atoms with Gasteiger partial charge in [-0.3, -0.25) is 0 Å². The highest BCUT2D eigenvalue weighted by Gasteiger charge is 2.15. The summed E-state index contributed by atoms with van der Waals surface area (Å²) in [5.74, 6) is 0.862. The molecule has 1 aromatic heterocycles. The van der Waals surface area contributed by atoms with Gasteiger partial charge in [-0.25, -0.2) is 0 Å². The van der Waals surface area contributed by atoms with Gasteiger partial charge in [-0.2, -0.15) is 0 Å². The summed E-state index contributed by atoms with van der Waals surface area (Å²) in [6.45, 7) is 0. The average Bonchev–Trinajstić information content (AvgIpc) is 2.83. The van der Waals surface area contributed by atoms with Crippen molar-refractivity contribution >= 4 is 11.6 Å². The summed E-state index contributed by atoms with van der Waals surface area (Å²) in [7, 11) is 3.58. The zero-order valence-corrected chi connectivity index (χ0v) is 11.2. The fourth-order valence-corrected chi connectivity index (χ4v) is 2.16.